The molecule has 0 radical (unpaired) electrons. The third-order valence-corrected chi connectivity index (χ3v) is 1.92. The second-order valence-electron chi connectivity index (χ2n) is 3.33. The molecule has 0 spiro atoms. The number of hydrogen-bond acceptors (Lipinski definition) is 1. The van der Waals surface area contributed by atoms with E-state index in [1.807, 2.05) is 37.3 Å². The van der Waals surface area contributed by atoms with Crippen LogP contribution >= 0.6 is 0 Å². The van der Waals surface area contributed by atoms with Crippen molar-refractivity contribution in [3.8, 4) is 0 Å². The molecule has 0 aliphatic heterocycles. The van der Waals surface area contributed by atoms with Crippen molar-refractivity contribution in [3.63, 3.8) is 0 Å². The smallest absolute Gasteiger partial charge is 0.303 e. The molecule has 0 rings (SSSR count). The van der Waals surface area contributed by atoms with Crippen LogP contribution in [0.1, 0.15) is 39.0 Å². The molecule has 0 aromatic carbocycles. The molecule has 84 valence electrons. The summed E-state index contributed by atoms with van der Waals surface area (Å²) in [6.45, 7) is 1.98. The Hall–Kier alpha value is -1.31. The zero-order valence-corrected chi connectivity index (χ0v) is 9.36. The largest absolute Gasteiger partial charge is 0.481 e. The maximum absolute atomic E-state index is 10.2. The van der Waals surface area contributed by atoms with Crippen LogP contribution in [0, 0.1) is 0 Å². The molecule has 0 fully saturated rings. The minimum absolute atomic E-state index is 0.297. The highest BCUT2D eigenvalue weighted by Crippen LogP contribution is 2.03. The summed E-state index contributed by atoms with van der Waals surface area (Å²) in [5, 5.41) is 8.41. The Balaban J connectivity index is 3.27. The van der Waals surface area contributed by atoms with Gasteiger partial charge in [-0.2, -0.15) is 0 Å². The summed E-state index contributed by atoms with van der Waals surface area (Å²) in [5.74, 6) is -0.695. The number of unbranched alkanes of at least 4 members (excludes halogenated alkanes) is 3. The van der Waals surface area contributed by atoms with Crippen LogP contribution in [0.2, 0.25) is 0 Å². The standard InChI is InChI=1S/C13H20O2/c1-2-3-4-5-6-7-8-9-10-11-12-13(14)15/h2-7H,8-12H2,1H3,(H,14,15). The molecule has 0 saturated carbocycles. The zero-order valence-electron chi connectivity index (χ0n) is 9.36. The average molecular weight is 208 g/mol. The van der Waals surface area contributed by atoms with Crippen molar-refractivity contribution in [3.05, 3.63) is 36.5 Å². The molecular formula is C13H20O2. The van der Waals surface area contributed by atoms with E-state index in [2.05, 4.69) is 6.08 Å². The number of aliphatic carboxylic acids is 1. The van der Waals surface area contributed by atoms with Crippen LogP contribution in [0.15, 0.2) is 36.5 Å². The van der Waals surface area contributed by atoms with Gasteiger partial charge in [0.25, 0.3) is 0 Å². The van der Waals surface area contributed by atoms with E-state index in [0.29, 0.717) is 6.42 Å². The van der Waals surface area contributed by atoms with Gasteiger partial charge >= 0.3 is 5.97 Å². The van der Waals surface area contributed by atoms with E-state index >= 15 is 0 Å². The van der Waals surface area contributed by atoms with Gasteiger partial charge in [-0.3, -0.25) is 4.79 Å². The van der Waals surface area contributed by atoms with Crippen molar-refractivity contribution in [1.29, 1.82) is 0 Å². The van der Waals surface area contributed by atoms with Crippen molar-refractivity contribution in [2.45, 2.75) is 39.0 Å². The predicted molar refractivity (Wildman–Crippen MR) is 63.8 cm³/mol. The maximum Gasteiger partial charge on any atom is 0.303 e. The number of carbonyl (C=O) groups is 1. The van der Waals surface area contributed by atoms with Crippen molar-refractivity contribution in [2.75, 3.05) is 0 Å². The zero-order chi connectivity index (χ0) is 11.4. The maximum atomic E-state index is 10.2. The normalized spacial score (nSPS) is 12.1. The quantitative estimate of drug-likeness (QED) is 0.487. The van der Waals surface area contributed by atoms with Crippen LogP contribution in [-0.2, 0) is 4.79 Å². The van der Waals surface area contributed by atoms with Crippen molar-refractivity contribution < 1.29 is 9.90 Å². The van der Waals surface area contributed by atoms with Gasteiger partial charge in [-0.25, -0.2) is 0 Å². The lowest BCUT2D eigenvalue weighted by atomic mass is 10.1. The van der Waals surface area contributed by atoms with Gasteiger partial charge in [-0.15, -0.1) is 0 Å². The van der Waals surface area contributed by atoms with Crippen LogP contribution < -0.4 is 0 Å². The second kappa shape index (κ2) is 10.8. The van der Waals surface area contributed by atoms with E-state index in [1.165, 1.54) is 0 Å². The fourth-order valence-corrected chi connectivity index (χ4v) is 1.13. The molecule has 0 unspecified atom stereocenters. The topological polar surface area (TPSA) is 37.3 Å². The summed E-state index contributed by atoms with van der Waals surface area (Å²) in [7, 11) is 0. The van der Waals surface area contributed by atoms with Crippen molar-refractivity contribution in [1.82, 2.24) is 0 Å². The minimum Gasteiger partial charge on any atom is -0.481 e. The molecule has 0 aromatic rings. The number of hydrogen-bond donors (Lipinski definition) is 1. The first-order chi connectivity index (χ1) is 7.27. The van der Waals surface area contributed by atoms with Gasteiger partial charge in [0.05, 0.1) is 0 Å². The first kappa shape index (κ1) is 13.7. The molecule has 2 heteroatoms. The molecule has 0 heterocycles. The Kier molecular flexibility index (Phi) is 9.83. The Morgan fingerprint density at radius 3 is 2.47 bits per heavy atom. The molecule has 0 aromatic heterocycles. The van der Waals surface area contributed by atoms with Crippen molar-refractivity contribution >= 4 is 5.97 Å². The fraction of sp³-hybridized carbons (Fsp3) is 0.462. The van der Waals surface area contributed by atoms with Crippen LogP contribution in [0.25, 0.3) is 0 Å². The van der Waals surface area contributed by atoms with Gasteiger partial charge in [0.15, 0.2) is 0 Å². The summed E-state index contributed by atoms with van der Waals surface area (Å²) in [6.07, 6.45) is 16.3. The van der Waals surface area contributed by atoms with Gasteiger partial charge in [0.2, 0.25) is 0 Å². The predicted octanol–water partition coefficient (Wildman–Crippen LogP) is 3.71. The Morgan fingerprint density at radius 2 is 1.80 bits per heavy atom. The van der Waals surface area contributed by atoms with E-state index in [9.17, 15) is 4.79 Å². The molecular weight excluding hydrogens is 188 g/mol. The lowest BCUT2D eigenvalue weighted by Gasteiger charge is -1.94. The van der Waals surface area contributed by atoms with Gasteiger partial charge in [0, 0.05) is 6.42 Å². The number of carboxylic acids is 1. The van der Waals surface area contributed by atoms with E-state index in [4.69, 9.17) is 5.11 Å². The molecule has 0 aliphatic carbocycles. The average Bonchev–Trinajstić information content (AvgIpc) is 2.20. The lowest BCUT2D eigenvalue weighted by Crippen LogP contribution is -1.93. The first-order valence-electron chi connectivity index (χ1n) is 5.43. The van der Waals surface area contributed by atoms with Gasteiger partial charge in [-0.1, -0.05) is 42.9 Å². The van der Waals surface area contributed by atoms with Crippen LogP contribution in [0.4, 0.5) is 0 Å². The number of carboxylic acid groups (broad SMARTS) is 1. The molecule has 0 aliphatic rings. The third-order valence-electron chi connectivity index (χ3n) is 1.92. The highest BCUT2D eigenvalue weighted by Gasteiger charge is 1.94. The Morgan fingerprint density at radius 1 is 1.07 bits per heavy atom. The van der Waals surface area contributed by atoms with Crippen molar-refractivity contribution in [2.24, 2.45) is 0 Å². The molecule has 1 N–H and O–H groups in total. The second-order valence-corrected chi connectivity index (χ2v) is 3.33. The van der Waals surface area contributed by atoms with E-state index in [0.717, 1.165) is 25.7 Å². The SMILES string of the molecule is CC=CC=CC=CCCCCCC(=O)O. The fourth-order valence-electron chi connectivity index (χ4n) is 1.13. The summed E-state index contributed by atoms with van der Waals surface area (Å²) in [5.41, 5.74) is 0. The summed E-state index contributed by atoms with van der Waals surface area (Å²) < 4.78 is 0. The number of rotatable bonds is 8. The van der Waals surface area contributed by atoms with E-state index < -0.39 is 5.97 Å². The van der Waals surface area contributed by atoms with Gasteiger partial charge < -0.3 is 5.11 Å². The summed E-state index contributed by atoms with van der Waals surface area (Å²) in [6, 6.07) is 0. The molecule has 0 amide bonds. The molecule has 0 atom stereocenters. The Bertz CT molecular complexity index is 237. The lowest BCUT2D eigenvalue weighted by molar-refractivity contribution is -0.137. The monoisotopic (exact) mass is 208 g/mol. The van der Waals surface area contributed by atoms with Gasteiger partial charge in [-0.05, 0) is 26.2 Å². The summed E-state index contributed by atoms with van der Waals surface area (Å²) in [4.78, 5) is 10.2. The van der Waals surface area contributed by atoms with Crippen LogP contribution in [0.3, 0.4) is 0 Å². The minimum atomic E-state index is -0.695. The molecule has 0 bridgehead atoms. The highest BCUT2D eigenvalue weighted by molar-refractivity contribution is 5.66. The van der Waals surface area contributed by atoms with Gasteiger partial charge in [0.1, 0.15) is 0 Å². The third kappa shape index (κ3) is 12.7. The molecule has 0 saturated heterocycles. The van der Waals surface area contributed by atoms with Crippen LogP contribution in [0.5, 0.6) is 0 Å². The van der Waals surface area contributed by atoms with E-state index in [1.54, 1.807) is 0 Å². The molecule has 15 heavy (non-hydrogen) atoms. The molecule has 2 nitrogen and oxygen atoms in total. The highest BCUT2D eigenvalue weighted by atomic mass is 16.4. The Labute approximate surface area is 92.0 Å². The number of allylic oxidation sites excluding steroid dienone is 6. The summed E-state index contributed by atoms with van der Waals surface area (Å²) >= 11 is 0. The first-order valence-corrected chi connectivity index (χ1v) is 5.43. The van der Waals surface area contributed by atoms with Crippen LogP contribution in [-0.4, -0.2) is 11.1 Å². The van der Waals surface area contributed by atoms with E-state index in [-0.39, 0.29) is 0 Å².